The van der Waals surface area contributed by atoms with Gasteiger partial charge in [-0.25, -0.2) is 4.98 Å². The van der Waals surface area contributed by atoms with Gasteiger partial charge in [0.2, 0.25) is 0 Å². The highest BCUT2D eigenvalue weighted by molar-refractivity contribution is 7.98. The van der Waals surface area contributed by atoms with Gasteiger partial charge in [-0.2, -0.15) is 0 Å². The third kappa shape index (κ3) is 4.03. The lowest BCUT2D eigenvalue weighted by Gasteiger charge is -2.22. The number of hydrogen-bond donors (Lipinski definition) is 0. The number of nitrogens with zero attached hydrogens (tertiary/aromatic N) is 3. The normalized spacial score (nSPS) is 11.2. The molecule has 25 heavy (non-hydrogen) atoms. The van der Waals surface area contributed by atoms with Gasteiger partial charge in [0.05, 0.1) is 10.2 Å². The van der Waals surface area contributed by atoms with Crippen molar-refractivity contribution in [3.05, 3.63) is 54.1 Å². The van der Waals surface area contributed by atoms with Crippen molar-refractivity contribution in [1.29, 1.82) is 0 Å². The third-order valence-electron chi connectivity index (χ3n) is 3.86. The molecule has 1 aromatic heterocycles. The molecule has 0 fully saturated rings. The van der Waals surface area contributed by atoms with Crippen LogP contribution in [-0.4, -0.2) is 49.2 Å². The fourth-order valence-electron chi connectivity index (χ4n) is 2.51. The second kappa shape index (κ2) is 7.99. The minimum atomic E-state index is -0.00722. The van der Waals surface area contributed by atoms with Gasteiger partial charge >= 0.3 is 0 Å². The van der Waals surface area contributed by atoms with Crippen molar-refractivity contribution in [2.75, 3.05) is 38.3 Å². The molecule has 0 aliphatic rings. The van der Waals surface area contributed by atoms with E-state index in [2.05, 4.69) is 17.0 Å². The van der Waals surface area contributed by atoms with E-state index < -0.39 is 0 Å². The van der Waals surface area contributed by atoms with Gasteiger partial charge in [-0.15, -0.1) is 11.8 Å². The number of hydrogen-bond acceptors (Lipinski definition) is 5. The van der Waals surface area contributed by atoms with Crippen LogP contribution in [0.5, 0.6) is 0 Å². The molecule has 2 aromatic carbocycles. The number of thiazole rings is 1. The zero-order chi connectivity index (χ0) is 17.8. The van der Waals surface area contributed by atoms with Crippen molar-refractivity contribution in [3.63, 3.8) is 0 Å². The first-order valence-electron chi connectivity index (χ1n) is 8.05. The zero-order valence-electron chi connectivity index (χ0n) is 14.6. The maximum atomic E-state index is 13.1. The first-order chi connectivity index (χ1) is 12.1. The summed E-state index contributed by atoms with van der Waals surface area (Å²) in [4.78, 5) is 22.9. The highest BCUT2D eigenvalue weighted by Gasteiger charge is 2.21. The van der Waals surface area contributed by atoms with Gasteiger partial charge in [-0.1, -0.05) is 35.6 Å². The Bertz CT molecular complexity index is 861. The predicted molar refractivity (Wildman–Crippen MR) is 108 cm³/mol. The SMILES string of the molecule is CSc1cccc2sc(N(CCN(C)C)C(=O)c3ccccc3)nc12. The summed E-state index contributed by atoms with van der Waals surface area (Å²) in [5.74, 6) is -0.00722. The van der Waals surface area contributed by atoms with Crippen LogP contribution in [0.15, 0.2) is 53.4 Å². The highest BCUT2D eigenvalue weighted by Crippen LogP contribution is 2.34. The van der Waals surface area contributed by atoms with Crippen LogP contribution in [0.25, 0.3) is 10.2 Å². The first kappa shape index (κ1) is 17.9. The van der Waals surface area contributed by atoms with E-state index in [1.54, 1.807) is 28.0 Å². The summed E-state index contributed by atoms with van der Waals surface area (Å²) in [5.41, 5.74) is 1.66. The van der Waals surface area contributed by atoms with Crippen LogP contribution in [0.3, 0.4) is 0 Å². The van der Waals surface area contributed by atoms with Crippen LogP contribution in [0, 0.1) is 0 Å². The Kier molecular flexibility index (Phi) is 5.73. The van der Waals surface area contributed by atoms with Crippen LogP contribution in [-0.2, 0) is 0 Å². The van der Waals surface area contributed by atoms with Gasteiger partial charge in [0, 0.05) is 23.5 Å². The molecule has 0 N–H and O–H groups in total. The lowest BCUT2D eigenvalue weighted by atomic mass is 10.2. The quantitative estimate of drug-likeness (QED) is 0.608. The molecule has 0 saturated carbocycles. The Labute approximate surface area is 156 Å². The minimum Gasteiger partial charge on any atom is -0.308 e. The van der Waals surface area contributed by atoms with Gasteiger partial charge in [0.25, 0.3) is 5.91 Å². The van der Waals surface area contributed by atoms with Gasteiger partial charge in [-0.05, 0) is 44.6 Å². The van der Waals surface area contributed by atoms with Crippen LogP contribution in [0.1, 0.15) is 10.4 Å². The van der Waals surface area contributed by atoms with Gasteiger partial charge < -0.3 is 4.90 Å². The second-order valence-electron chi connectivity index (χ2n) is 5.93. The van der Waals surface area contributed by atoms with Crippen LogP contribution < -0.4 is 4.90 Å². The topological polar surface area (TPSA) is 36.4 Å². The summed E-state index contributed by atoms with van der Waals surface area (Å²) in [5, 5.41) is 0.757. The summed E-state index contributed by atoms with van der Waals surface area (Å²) < 4.78 is 1.11. The van der Waals surface area contributed by atoms with E-state index in [0.29, 0.717) is 12.1 Å². The number of amides is 1. The average Bonchev–Trinajstić information content (AvgIpc) is 3.06. The molecular formula is C19H21N3OS2. The monoisotopic (exact) mass is 371 g/mol. The number of para-hydroxylation sites is 1. The number of anilines is 1. The smallest absolute Gasteiger partial charge is 0.260 e. The molecule has 130 valence electrons. The summed E-state index contributed by atoms with van der Waals surface area (Å²) in [6, 6.07) is 15.6. The largest absolute Gasteiger partial charge is 0.308 e. The molecule has 0 bridgehead atoms. The van der Waals surface area contributed by atoms with Crippen molar-refractivity contribution in [2.45, 2.75) is 4.90 Å². The number of carbonyl (C=O) groups excluding carboxylic acids is 1. The third-order valence-corrected chi connectivity index (χ3v) is 5.67. The molecule has 6 heteroatoms. The Balaban J connectivity index is 2.00. The molecule has 1 amide bonds. The highest BCUT2D eigenvalue weighted by atomic mass is 32.2. The summed E-state index contributed by atoms with van der Waals surface area (Å²) in [6.07, 6.45) is 2.05. The molecule has 0 radical (unpaired) electrons. The first-order valence-corrected chi connectivity index (χ1v) is 10.1. The molecule has 0 unspecified atom stereocenters. The van der Waals surface area contributed by atoms with E-state index in [1.807, 2.05) is 56.7 Å². The maximum Gasteiger partial charge on any atom is 0.260 e. The number of carbonyl (C=O) groups is 1. The molecular weight excluding hydrogens is 350 g/mol. The lowest BCUT2D eigenvalue weighted by molar-refractivity contribution is 0.0985. The van der Waals surface area contributed by atoms with Crippen LogP contribution in [0.4, 0.5) is 5.13 Å². The molecule has 3 aromatic rings. The van der Waals surface area contributed by atoms with Crippen molar-refractivity contribution in [3.8, 4) is 0 Å². The number of thioether (sulfide) groups is 1. The Morgan fingerprint density at radius 1 is 1.08 bits per heavy atom. The number of rotatable bonds is 6. The maximum absolute atomic E-state index is 13.1. The fourth-order valence-corrected chi connectivity index (χ4v) is 4.16. The van der Waals surface area contributed by atoms with E-state index in [1.165, 1.54) is 0 Å². The van der Waals surface area contributed by atoms with E-state index in [0.717, 1.165) is 26.8 Å². The van der Waals surface area contributed by atoms with Crippen molar-refractivity contribution >= 4 is 44.4 Å². The Morgan fingerprint density at radius 2 is 1.84 bits per heavy atom. The van der Waals surface area contributed by atoms with Gasteiger partial charge in [0.1, 0.15) is 0 Å². The molecule has 1 heterocycles. The average molecular weight is 372 g/mol. The van der Waals surface area contributed by atoms with E-state index >= 15 is 0 Å². The summed E-state index contributed by atoms with van der Waals surface area (Å²) >= 11 is 3.25. The lowest BCUT2D eigenvalue weighted by Crippen LogP contribution is -2.36. The molecule has 0 atom stereocenters. The second-order valence-corrected chi connectivity index (χ2v) is 7.79. The number of likely N-dealkylation sites (N-methyl/N-ethyl adjacent to an activating group) is 1. The molecule has 0 aliphatic heterocycles. The van der Waals surface area contributed by atoms with Crippen molar-refractivity contribution in [1.82, 2.24) is 9.88 Å². The van der Waals surface area contributed by atoms with Crippen LogP contribution >= 0.6 is 23.1 Å². The number of aromatic nitrogens is 1. The van der Waals surface area contributed by atoms with Crippen molar-refractivity contribution in [2.24, 2.45) is 0 Å². The van der Waals surface area contributed by atoms with Gasteiger partial charge in [-0.3, -0.25) is 9.69 Å². The van der Waals surface area contributed by atoms with E-state index in [-0.39, 0.29) is 5.91 Å². The fraction of sp³-hybridized carbons (Fsp3) is 0.263. The number of fused-ring (bicyclic) bond motifs is 1. The standard InChI is InChI=1S/C19H21N3OS2/c1-21(2)12-13-22(18(23)14-8-5-4-6-9-14)19-20-17-15(24-3)10-7-11-16(17)25-19/h4-11H,12-13H2,1-3H3. The summed E-state index contributed by atoms with van der Waals surface area (Å²) in [6.45, 7) is 1.39. The zero-order valence-corrected chi connectivity index (χ0v) is 16.2. The van der Waals surface area contributed by atoms with E-state index in [4.69, 9.17) is 4.98 Å². The molecule has 0 aliphatic carbocycles. The predicted octanol–water partition coefficient (Wildman–Crippen LogP) is 4.23. The van der Waals surface area contributed by atoms with Crippen molar-refractivity contribution < 1.29 is 4.79 Å². The number of benzene rings is 2. The summed E-state index contributed by atoms with van der Waals surface area (Å²) in [7, 11) is 4.02. The Hall–Kier alpha value is -1.89. The van der Waals surface area contributed by atoms with E-state index in [9.17, 15) is 4.79 Å². The Morgan fingerprint density at radius 3 is 2.52 bits per heavy atom. The molecule has 4 nitrogen and oxygen atoms in total. The molecule has 3 rings (SSSR count). The molecule has 0 spiro atoms. The minimum absolute atomic E-state index is 0.00722. The van der Waals surface area contributed by atoms with Gasteiger partial charge in [0.15, 0.2) is 5.13 Å². The molecule has 0 saturated heterocycles. The van der Waals surface area contributed by atoms with Crippen LogP contribution in [0.2, 0.25) is 0 Å².